The zero-order valence-electron chi connectivity index (χ0n) is 11.7. The average molecular weight is 330 g/mol. The van der Waals surface area contributed by atoms with Crippen LogP contribution in [0.5, 0.6) is 0 Å². The third-order valence-corrected chi connectivity index (χ3v) is 3.25. The molecule has 0 saturated heterocycles. The average Bonchev–Trinajstić information content (AvgIpc) is 2.38. The van der Waals surface area contributed by atoms with Crippen molar-refractivity contribution in [2.45, 2.75) is 26.3 Å². The summed E-state index contributed by atoms with van der Waals surface area (Å²) in [5.74, 6) is 1.33. The van der Waals surface area contributed by atoms with E-state index in [0.29, 0.717) is 5.82 Å². The van der Waals surface area contributed by atoms with E-state index in [1.165, 1.54) is 6.33 Å². The number of amides is 1. The maximum atomic E-state index is 11.8. The first-order valence-electron chi connectivity index (χ1n) is 6.19. The zero-order valence-corrected chi connectivity index (χ0v) is 13.3. The lowest BCUT2D eigenvalue weighted by Gasteiger charge is -2.19. The molecule has 1 atom stereocenters. The van der Waals surface area contributed by atoms with E-state index >= 15 is 0 Å². The molecule has 0 bridgehead atoms. The summed E-state index contributed by atoms with van der Waals surface area (Å²) in [6.07, 6.45) is 2.48. The number of hydrogen-bond acceptors (Lipinski definition) is 5. The van der Waals surface area contributed by atoms with Crippen molar-refractivity contribution in [1.82, 2.24) is 14.9 Å². The second-order valence-corrected chi connectivity index (χ2v) is 5.20. The van der Waals surface area contributed by atoms with E-state index in [-0.39, 0.29) is 11.9 Å². The number of nitrogens with one attached hydrogen (secondary N) is 2. The molecular weight excluding hydrogens is 310 g/mol. The Kier molecular flexibility index (Phi) is 6.01. The first-order valence-corrected chi connectivity index (χ1v) is 6.98. The van der Waals surface area contributed by atoms with E-state index in [1.807, 2.05) is 0 Å². The maximum Gasteiger partial charge on any atom is 0.244 e. The summed E-state index contributed by atoms with van der Waals surface area (Å²) >= 11 is 3.45. The minimum atomic E-state index is -0.347. The molecule has 0 fully saturated rings. The first-order chi connectivity index (χ1) is 8.97. The summed E-state index contributed by atoms with van der Waals surface area (Å²) in [6, 6.07) is -0.347. The largest absolute Gasteiger partial charge is 0.369 e. The molecule has 0 saturated carbocycles. The molecule has 1 aromatic heterocycles. The van der Waals surface area contributed by atoms with Gasteiger partial charge in [-0.1, -0.05) is 6.92 Å². The molecule has 1 rings (SSSR count). The molecule has 1 amide bonds. The molecule has 0 spiro atoms. The molecule has 106 valence electrons. The summed E-state index contributed by atoms with van der Waals surface area (Å²) in [5.41, 5.74) is 0. The molecule has 0 aliphatic rings. The highest BCUT2D eigenvalue weighted by Gasteiger charge is 2.17. The Morgan fingerprint density at radius 2 is 2.05 bits per heavy atom. The second-order valence-electron chi connectivity index (χ2n) is 4.41. The Labute approximate surface area is 122 Å². The van der Waals surface area contributed by atoms with Crippen molar-refractivity contribution >= 4 is 33.5 Å². The highest BCUT2D eigenvalue weighted by Crippen LogP contribution is 2.26. The van der Waals surface area contributed by atoms with Crippen LogP contribution in [0.15, 0.2) is 10.8 Å². The topological polar surface area (TPSA) is 70.1 Å². The molecular formula is C12H20BrN5O. The van der Waals surface area contributed by atoms with Crippen LogP contribution in [0.2, 0.25) is 0 Å². The Bertz CT molecular complexity index is 438. The molecule has 6 nitrogen and oxygen atoms in total. The SMILES string of the molecule is CCCNc1ncnc(NC(C)C(=O)N(C)C)c1Br. The molecule has 7 heteroatoms. The van der Waals surface area contributed by atoms with Crippen LogP contribution in [-0.4, -0.2) is 47.5 Å². The van der Waals surface area contributed by atoms with Crippen molar-refractivity contribution in [3.63, 3.8) is 0 Å². The number of carbonyl (C=O) groups is 1. The van der Waals surface area contributed by atoms with Crippen molar-refractivity contribution in [3.8, 4) is 0 Å². The highest BCUT2D eigenvalue weighted by atomic mass is 79.9. The van der Waals surface area contributed by atoms with Gasteiger partial charge < -0.3 is 15.5 Å². The quantitative estimate of drug-likeness (QED) is 0.834. The van der Waals surface area contributed by atoms with Gasteiger partial charge in [-0.2, -0.15) is 0 Å². The summed E-state index contributed by atoms with van der Waals surface area (Å²) in [5, 5.41) is 6.27. The van der Waals surface area contributed by atoms with E-state index in [0.717, 1.165) is 23.3 Å². The number of hydrogen-bond donors (Lipinski definition) is 2. The molecule has 1 unspecified atom stereocenters. The minimum Gasteiger partial charge on any atom is -0.369 e. The van der Waals surface area contributed by atoms with Gasteiger partial charge >= 0.3 is 0 Å². The highest BCUT2D eigenvalue weighted by molar-refractivity contribution is 9.10. The Hall–Kier alpha value is -1.37. The molecule has 0 radical (unpaired) electrons. The summed E-state index contributed by atoms with van der Waals surface area (Å²) in [6.45, 7) is 4.72. The lowest BCUT2D eigenvalue weighted by atomic mass is 10.3. The minimum absolute atomic E-state index is 0.00594. The lowest BCUT2D eigenvalue weighted by molar-refractivity contribution is -0.129. The van der Waals surface area contributed by atoms with E-state index in [2.05, 4.69) is 43.5 Å². The van der Waals surface area contributed by atoms with Gasteiger partial charge in [0.2, 0.25) is 5.91 Å². The van der Waals surface area contributed by atoms with Crippen molar-refractivity contribution < 1.29 is 4.79 Å². The molecule has 0 aromatic carbocycles. The van der Waals surface area contributed by atoms with Crippen LogP contribution in [0.1, 0.15) is 20.3 Å². The van der Waals surface area contributed by atoms with Crippen molar-refractivity contribution in [1.29, 1.82) is 0 Å². The normalized spacial score (nSPS) is 11.8. The third-order valence-electron chi connectivity index (χ3n) is 2.50. The lowest BCUT2D eigenvalue weighted by Crippen LogP contribution is -2.37. The van der Waals surface area contributed by atoms with Gasteiger partial charge in [-0.15, -0.1) is 0 Å². The van der Waals surface area contributed by atoms with Gasteiger partial charge in [-0.3, -0.25) is 4.79 Å². The monoisotopic (exact) mass is 329 g/mol. The molecule has 0 aliphatic carbocycles. The number of aromatic nitrogens is 2. The fraction of sp³-hybridized carbons (Fsp3) is 0.583. The molecule has 19 heavy (non-hydrogen) atoms. The van der Waals surface area contributed by atoms with Crippen molar-refractivity contribution in [2.24, 2.45) is 0 Å². The number of likely N-dealkylation sites (N-methyl/N-ethyl adjacent to an activating group) is 1. The van der Waals surface area contributed by atoms with Crippen LogP contribution in [0.4, 0.5) is 11.6 Å². The van der Waals surface area contributed by atoms with Gasteiger partial charge in [-0.25, -0.2) is 9.97 Å². The van der Waals surface area contributed by atoms with Crippen LogP contribution in [0, 0.1) is 0 Å². The van der Waals surface area contributed by atoms with Gasteiger partial charge in [0.1, 0.15) is 28.5 Å². The zero-order chi connectivity index (χ0) is 14.4. The van der Waals surface area contributed by atoms with Crippen LogP contribution in [0.3, 0.4) is 0 Å². The van der Waals surface area contributed by atoms with Gasteiger partial charge in [0.25, 0.3) is 0 Å². The number of carbonyl (C=O) groups excluding carboxylic acids is 1. The number of anilines is 2. The van der Waals surface area contributed by atoms with Gasteiger partial charge in [0.15, 0.2) is 0 Å². The van der Waals surface area contributed by atoms with Gasteiger partial charge in [0.05, 0.1) is 0 Å². The van der Waals surface area contributed by atoms with Crippen LogP contribution in [-0.2, 0) is 4.79 Å². The van der Waals surface area contributed by atoms with E-state index in [1.54, 1.807) is 25.9 Å². The van der Waals surface area contributed by atoms with Crippen LogP contribution >= 0.6 is 15.9 Å². The first kappa shape index (κ1) is 15.7. The van der Waals surface area contributed by atoms with E-state index in [4.69, 9.17) is 0 Å². The Balaban J connectivity index is 2.81. The fourth-order valence-corrected chi connectivity index (χ4v) is 1.95. The number of nitrogens with zero attached hydrogens (tertiary/aromatic N) is 3. The molecule has 1 heterocycles. The fourth-order valence-electron chi connectivity index (χ4n) is 1.49. The van der Waals surface area contributed by atoms with E-state index in [9.17, 15) is 4.79 Å². The number of halogens is 1. The van der Waals surface area contributed by atoms with Crippen LogP contribution in [0.25, 0.3) is 0 Å². The summed E-state index contributed by atoms with van der Waals surface area (Å²) < 4.78 is 0.738. The molecule has 0 aliphatic heterocycles. The number of rotatable bonds is 6. The standard InChI is InChI=1S/C12H20BrN5O/c1-5-6-14-10-9(13)11(16-7-15-10)17-8(2)12(19)18(3)4/h7-8H,5-6H2,1-4H3,(H2,14,15,16,17). The third kappa shape index (κ3) is 4.34. The smallest absolute Gasteiger partial charge is 0.244 e. The van der Waals surface area contributed by atoms with E-state index < -0.39 is 0 Å². The van der Waals surface area contributed by atoms with Crippen molar-refractivity contribution in [2.75, 3.05) is 31.3 Å². The van der Waals surface area contributed by atoms with Crippen LogP contribution < -0.4 is 10.6 Å². The second kappa shape index (κ2) is 7.28. The van der Waals surface area contributed by atoms with Crippen molar-refractivity contribution in [3.05, 3.63) is 10.8 Å². The predicted octanol–water partition coefficient (Wildman–Crippen LogP) is 1.95. The van der Waals surface area contributed by atoms with Gasteiger partial charge in [-0.05, 0) is 29.3 Å². The maximum absolute atomic E-state index is 11.8. The summed E-state index contributed by atoms with van der Waals surface area (Å²) in [4.78, 5) is 21.7. The molecule has 1 aromatic rings. The Morgan fingerprint density at radius 1 is 1.42 bits per heavy atom. The summed E-state index contributed by atoms with van der Waals surface area (Å²) in [7, 11) is 3.45. The molecule has 2 N–H and O–H groups in total. The predicted molar refractivity (Wildman–Crippen MR) is 80.3 cm³/mol. The Morgan fingerprint density at radius 3 is 2.63 bits per heavy atom. The van der Waals surface area contributed by atoms with Gasteiger partial charge in [0, 0.05) is 20.6 Å².